The Hall–Kier alpha value is -3.51. The summed E-state index contributed by atoms with van der Waals surface area (Å²) in [6, 6.07) is 13.5. The molecule has 0 saturated heterocycles. The number of hydrogen-bond acceptors (Lipinski definition) is 3. The standard InChI is InChI=1S/C25H19ClF2N2O2/c1-13-4-5-16(10-14(13)2)22-23(29-18-7-8-19(27)20(28)12-18)25(32)30(24(22)31)21-9-6-17(26)11-15(21)3/h4-12,29H,1-3H3. The highest BCUT2D eigenvalue weighted by molar-refractivity contribution is 6.46. The molecule has 0 unspecified atom stereocenters. The molecule has 4 rings (SSSR count). The van der Waals surface area contributed by atoms with Crippen molar-refractivity contribution in [1.29, 1.82) is 0 Å². The molecule has 1 heterocycles. The molecule has 1 aliphatic rings. The summed E-state index contributed by atoms with van der Waals surface area (Å²) in [5.41, 5.74) is 3.85. The number of nitrogens with one attached hydrogen (secondary N) is 1. The van der Waals surface area contributed by atoms with E-state index in [-0.39, 0.29) is 17.0 Å². The first-order valence-corrected chi connectivity index (χ1v) is 10.2. The number of benzene rings is 3. The summed E-state index contributed by atoms with van der Waals surface area (Å²) < 4.78 is 27.2. The van der Waals surface area contributed by atoms with Crippen LogP contribution in [0.3, 0.4) is 0 Å². The molecule has 7 heteroatoms. The van der Waals surface area contributed by atoms with Gasteiger partial charge in [0.25, 0.3) is 11.8 Å². The van der Waals surface area contributed by atoms with Gasteiger partial charge < -0.3 is 5.32 Å². The van der Waals surface area contributed by atoms with Crippen LogP contribution < -0.4 is 10.2 Å². The van der Waals surface area contributed by atoms with Gasteiger partial charge in [-0.3, -0.25) is 9.59 Å². The Morgan fingerprint density at radius 1 is 0.781 bits per heavy atom. The second kappa shape index (κ2) is 8.20. The van der Waals surface area contributed by atoms with E-state index in [1.807, 2.05) is 26.0 Å². The Kier molecular flexibility index (Phi) is 5.57. The van der Waals surface area contributed by atoms with Gasteiger partial charge in [0.1, 0.15) is 5.70 Å². The van der Waals surface area contributed by atoms with E-state index in [4.69, 9.17) is 11.6 Å². The number of hydrogen-bond donors (Lipinski definition) is 1. The smallest absolute Gasteiger partial charge is 0.282 e. The summed E-state index contributed by atoms with van der Waals surface area (Å²) in [7, 11) is 0. The van der Waals surface area contributed by atoms with Gasteiger partial charge in [0.05, 0.1) is 11.3 Å². The minimum atomic E-state index is -1.06. The number of amides is 2. The predicted molar refractivity (Wildman–Crippen MR) is 121 cm³/mol. The summed E-state index contributed by atoms with van der Waals surface area (Å²) in [6.07, 6.45) is 0. The van der Waals surface area contributed by atoms with Crippen molar-refractivity contribution in [2.24, 2.45) is 0 Å². The van der Waals surface area contributed by atoms with E-state index in [0.29, 0.717) is 21.8 Å². The molecule has 0 fully saturated rings. The van der Waals surface area contributed by atoms with Gasteiger partial charge >= 0.3 is 0 Å². The Balaban J connectivity index is 1.87. The summed E-state index contributed by atoms with van der Waals surface area (Å²) in [6.45, 7) is 5.60. The number of carbonyl (C=O) groups is 2. The van der Waals surface area contributed by atoms with Crippen molar-refractivity contribution in [3.8, 4) is 0 Å². The predicted octanol–water partition coefficient (Wildman–Crippen LogP) is 5.94. The van der Waals surface area contributed by atoms with Crippen LogP contribution in [-0.2, 0) is 9.59 Å². The Bertz CT molecular complexity index is 1320. The molecule has 0 saturated carbocycles. The fourth-order valence-electron chi connectivity index (χ4n) is 3.62. The Labute approximate surface area is 189 Å². The summed E-state index contributed by atoms with van der Waals surface area (Å²) in [5, 5.41) is 3.32. The lowest BCUT2D eigenvalue weighted by molar-refractivity contribution is -0.120. The maximum atomic E-state index is 13.8. The molecule has 0 aliphatic carbocycles. The Morgan fingerprint density at radius 3 is 2.19 bits per heavy atom. The van der Waals surface area contributed by atoms with E-state index in [9.17, 15) is 18.4 Å². The topological polar surface area (TPSA) is 49.4 Å². The van der Waals surface area contributed by atoms with Crippen LogP contribution >= 0.6 is 11.6 Å². The van der Waals surface area contributed by atoms with Crippen LogP contribution in [0.25, 0.3) is 5.57 Å². The lowest BCUT2D eigenvalue weighted by Gasteiger charge is -2.18. The van der Waals surface area contributed by atoms with Crippen LogP contribution in [0.15, 0.2) is 60.3 Å². The lowest BCUT2D eigenvalue weighted by atomic mass is 9.99. The van der Waals surface area contributed by atoms with Crippen molar-refractivity contribution < 1.29 is 18.4 Å². The molecule has 0 bridgehead atoms. The molecule has 3 aromatic carbocycles. The summed E-state index contributed by atoms with van der Waals surface area (Å²) in [5.74, 6) is -3.19. The van der Waals surface area contributed by atoms with Gasteiger partial charge in [-0.1, -0.05) is 29.8 Å². The van der Waals surface area contributed by atoms with Crippen molar-refractivity contribution in [2.45, 2.75) is 20.8 Å². The average molecular weight is 453 g/mol. The Morgan fingerprint density at radius 2 is 1.53 bits per heavy atom. The highest BCUT2D eigenvalue weighted by Crippen LogP contribution is 2.36. The third kappa shape index (κ3) is 3.78. The number of anilines is 2. The van der Waals surface area contributed by atoms with Gasteiger partial charge in [0.15, 0.2) is 11.6 Å². The molecule has 162 valence electrons. The van der Waals surface area contributed by atoms with Gasteiger partial charge in [-0.25, -0.2) is 13.7 Å². The van der Waals surface area contributed by atoms with Gasteiger partial charge in [-0.05, 0) is 73.4 Å². The molecule has 0 aromatic heterocycles. The monoisotopic (exact) mass is 452 g/mol. The first-order chi connectivity index (χ1) is 15.2. The largest absolute Gasteiger partial charge is 0.350 e. The molecule has 0 spiro atoms. The summed E-state index contributed by atoms with van der Waals surface area (Å²) in [4.78, 5) is 28.0. The van der Waals surface area contributed by atoms with Gasteiger partial charge in [-0.2, -0.15) is 0 Å². The maximum absolute atomic E-state index is 13.8. The van der Waals surface area contributed by atoms with E-state index < -0.39 is 23.4 Å². The number of imide groups is 1. The maximum Gasteiger partial charge on any atom is 0.282 e. The average Bonchev–Trinajstić information content (AvgIpc) is 2.97. The molecule has 3 aromatic rings. The van der Waals surface area contributed by atoms with Gasteiger partial charge in [-0.15, -0.1) is 0 Å². The fourth-order valence-corrected chi connectivity index (χ4v) is 3.84. The number of halogens is 3. The van der Waals surface area contributed by atoms with E-state index in [0.717, 1.165) is 28.2 Å². The fraction of sp³-hybridized carbons (Fsp3) is 0.120. The van der Waals surface area contributed by atoms with E-state index in [1.165, 1.54) is 6.07 Å². The van der Waals surface area contributed by atoms with Crippen molar-refractivity contribution >= 4 is 40.4 Å². The van der Waals surface area contributed by atoms with Crippen molar-refractivity contribution in [3.05, 3.63) is 99.2 Å². The van der Waals surface area contributed by atoms with Gasteiger partial charge in [0.2, 0.25) is 0 Å². The van der Waals surface area contributed by atoms with Crippen LogP contribution in [0.5, 0.6) is 0 Å². The molecule has 0 atom stereocenters. The molecule has 4 nitrogen and oxygen atoms in total. The number of carbonyl (C=O) groups excluding carboxylic acids is 2. The zero-order valence-electron chi connectivity index (χ0n) is 17.6. The normalized spacial score (nSPS) is 13.9. The third-order valence-corrected chi connectivity index (χ3v) is 5.70. The zero-order chi connectivity index (χ0) is 23.2. The van der Waals surface area contributed by atoms with E-state index >= 15 is 0 Å². The van der Waals surface area contributed by atoms with Crippen LogP contribution in [0.2, 0.25) is 5.02 Å². The molecular weight excluding hydrogens is 434 g/mol. The van der Waals surface area contributed by atoms with E-state index in [2.05, 4.69) is 5.32 Å². The summed E-state index contributed by atoms with van der Waals surface area (Å²) >= 11 is 6.04. The first-order valence-electron chi connectivity index (χ1n) is 9.86. The number of aryl methyl sites for hydroxylation is 3. The van der Waals surface area contributed by atoms with Crippen LogP contribution in [0.4, 0.5) is 20.2 Å². The second-order valence-corrected chi connectivity index (χ2v) is 8.12. The lowest BCUT2D eigenvalue weighted by Crippen LogP contribution is -2.33. The van der Waals surface area contributed by atoms with Crippen LogP contribution in [0.1, 0.15) is 22.3 Å². The highest BCUT2D eigenvalue weighted by Gasteiger charge is 2.41. The minimum absolute atomic E-state index is 0.0152. The highest BCUT2D eigenvalue weighted by atomic mass is 35.5. The third-order valence-electron chi connectivity index (χ3n) is 5.47. The molecule has 1 aliphatic heterocycles. The van der Waals surface area contributed by atoms with Crippen LogP contribution in [0, 0.1) is 32.4 Å². The zero-order valence-corrected chi connectivity index (χ0v) is 18.3. The number of rotatable bonds is 4. The van der Waals surface area contributed by atoms with E-state index in [1.54, 1.807) is 31.2 Å². The SMILES string of the molecule is Cc1ccc(C2=C(Nc3ccc(F)c(F)c3)C(=O)N(c3ccc(Cl)cc3C)C2=O)cc1C. The number of nitrogens with zero attached hydrogens (tertiary/aromatic N) is 1. The molecule has 1 N–H and O–H groups in total. The first kappa shape index (κ1) is 21.7. The minimum Gasteiger partial charge on any atom is -0.350 e. The quantitative estimate of drug-likeness (QED) is 0.498. The van der Waals surface area contributed by atoms with Crippen molar-refractivity contribution in [3.63, 3.8) is 0 Å². The van der Waals surface area contributed by atoms with Crippen molar-refractivity contribution in [1.82, 2.24) is 0 Å². The van der Waals surface area contributed by atoms with Crippen LogP contribution in [-0.4, -0.2) is 11.8 Å². The van der Waals surface area contributed by atoms with Gasteiger partial charge in [0, 0.05) is 16.8 Å². The second-order valence-electron chi connectivity index (χ2n) is 7.68. The molecular formula is C25H19ClF2N2O2. The molecule has 2 amide bonds. The molecule has 32 heavy (non-hydrogen) atoms. The van der Waals surface area contributed by atoms with Crippen molar-refractivity contribution in [2.75, 3.05) is 10.2 Å². The molecule has 0 radical (unpaired) electrons.